The molecule has 0 aliphatic rings. The third-order valence-corrected chi connectivity index (χ3v) is 6.44. The van der Waals surface area contributed by atoms with Crippen molar-refractivity contribution in [1.82, 2.24) is 19.5 Å². The van der Waals surface area contributed by atoms with Crippen molar-refractivity contribution in [3.05, 3.63) is 30.6 Å². The number of imidazole rings is 1. The molecule has 0 bridgehead atoms. The minimum Gasteiger partial charge on any atom is -0.508 e. The standard InChI is InChI=1S/C18H18F6N5O5PS/c19-17(20,21)8-33-35(31,34-9-18(22,23)24)32-7-1-6-29-10-26-13-14(29)27-16(25)28-15(13)36-12-4-2-11(30)3-5-12/h2-5,10,30H,1,6-9H2,(H2,25,27,28). The number of aromatic nitrogens is 4. The maximum atomic E-state index is 12.4. The van der Waals surface area contributed by atoms with E-state index in [9.17, 15) is 36.0 Å². The number of halogens is 6. The minimum atomic E-state index is -5.16. The lowest BCUT2D eigenvalue weighted by atomic mass is 10.3. The number of benzene rings is 1. The number of phosphoric ester groups is 1. The molecule has 3 N–H and O–H groups in total. The Morgan fingerprint density at radius 1 is 1.00 bits per heavy atom. The Hall–Kier alpha value is -2.59. The summed E-state index contributed by atoms with van der Waals surface area (Å²) in [6.07, 6.45) is -8.60. The van der Waals surface area contributed by atoms with Crippen LogP contribution in [0.15, 0.2) is 40.5 Å². The van der Waals surface area contributed by atoms with Crippen molar-refractivity contribution in [1.29, 1.82) is 0 Å². The van der Waals surface area contributed by atoms with E-state index in [1.54, 1.807) is 12.1 Å². The largest absolute Gasteiger partial charge is 0.508 e. The molecule has 10 nitrogen and oxygen atoms in total. The Balaban J connectivity index is 1.66. The second-order valence-electron chi connectivity index (χ2n) is 7.00. The molecule has 0 saturated carbocycles. The number of aromatic hydroxyl groups is 1. The summed E-state index contributed by atoms with van der Waals surface area (Å²) in [5, 5.41) is 9.82. The second-order valence-corrected chi connectivity index (χ2v) is 9.74. The predicted octanol–water partition coefficient (Wildman–Crippen LogP) is 4.94. The number of nitrogens with two attached hydrogens (primary N) is 1. The topological polar surface area (TPSA) is 135 Å². The monoisotopic (exact) mass is 561 g/mol. The minimum absolute atomic E-state index is 0.0372. The van der Waals surface area contributed by atoms with E-state index in [-0.39, 0.29) is 24.7 Å². The number of fused-ring (bicyclic) bond motifs is 1. The van der Waals surface area contributed by atoms with Crippen LogP contribution in [0.2, 0.25) is 0 Å². The van der Waals surface area contributed by atoms with Crippen LogP contribution in [0, 0.1) is 0 Å². The van der Waals surface area contributed by atoms with Crippen molar-refractivity contribution in [2.45, 2.75) is 35.2 Å². The van der Waals surface area contributed by atoms with Gasteiger partial charge in [-0.2, -0.15) is 31.3 Å². The summed E-state index contributed by atoms with van der Waals surface area (Å²) in [5.41, 5.74) is 6.46. The molecule has 0 fully saturated rings. The second kappa shape index (κ2) is 11.2. The van der Waals surface area contributed by atoms with Gasteiger partial charge in [-0.05, 0) is 30.7 Å². The number of alkyl halides is 6. The molecule has 3 rings (SSSR count). The quantitative estimate of drug-likeness (QED) is 0.144. The normalized spacial score (nSPS) is 12.9. The third kappa shape index (κ3) is 8.51. The molecule has 0 aliphatic carbocycles. The lowest BCUT2D eigenvalue weighted by Crippen LogP contribution is -2.20. The number of phenols is 1. The predicted molar refractivity (Wildman–Crippen MR) is 114 cm³/mol. The van der Waals surface area contributed by atoms with Crippen molar-refractivity contribution in [3.8, 4) is 5.75 Å². The molecule has 0 unspecified atom stereocenters. The van der Waals surface area contributed by atoms with Gasteiger partial charge in [0.1, 0.15) is 16.3 Å². The first-order valence-electron chi connectivity index (χ1n) is 9.85. The van der Waals surface area contributed by atoms with E-state index in [1.807, 2.05) is 0 Å². The number of nitrogen functional groups attached to an aromatic ring is 1. The summed E-state index contributed by atoms with van der Waals surface area (Å²) < 4.78 is 101. The van der Waals surface area contributed by atoms with E-state index in [2.05, 4.69) is 28.5 Å². The van der Waals surface area contributed by atoms with Crippen molar-refractivity contribution >= 4 is 36.7 Å². The molecule has 0 saturated heterocycles. The van der Waals surface area contributed by atoms with Gasteiger partial charge in [-0.3, -0.25) is 13.6 Å². The number of nitrogens with zero attached hydrogens (tertiary/aromatic N) is 4. The van der Waals surface area contributed by atoms with Gasteiger partial charge >= 0.3 is 20.2 Å². The van der Waals surface area contributed by atoms with E-state index >= 15 is 0 Å². The van der Waals surface area contributed by atoms with Gasteiger partial charge in [-0.25, -0.2) is 14.5 Å². The average molecular weight is 561 g/mol. The Bertz CT molecular complexity index is 1200. The van der Waals surface area contributed by atoms with Crippen LogP contribution in [-0.4, -0.2) is 56.8 Å². The number of phenolic OH excluding ortho intramolecular Hbond substituents is 1. The molecule has 198 valence electrons. The fourth-order valence-electron chi connectivity index (χ4n) is 2.62. The molecule has 0 amide bonds. The van der Waals surface area contributed by atoms with Crippen LogP contribution < -0.4 is 5.73 Å². The number of hydrogen-bond donors (Lipinski definition) is 2. The first-order valence-corrected chi connectivity index (χ1v) is 12.1. The van der Waals surface area contributed by atoms with E-state index in [1.165, 1.54) is 34.8 Å². The van der Waals surface area contributed by atoms with E-state index in [0.29, 0.717) is 16.2 Å². The average Bonchev–Trinajstić information content (AvgIpc) is 3.18. The number of aryl methyl sites for hydroxylation is 1. The highest BCUT2D eigenvalue weighted by atomic mass is 32.2. The summed E-state index contributed by atoms with van der Waals surface area (Å²) in [6, 6.07) is 6.27. The highest BCUT2D eigenvalue weighted by molar-refractivity contribution is 7.99. The number of hydrogen-bond acceptors (Lipinski definition) is 10. The molecular weight excluding hydrogens is 543 g/mol. The van der Waals surface area contributed by atoms with Gasteiger partial charge in [0, 0.05) is 11.4 Å². The summed E-state index contributed by atoms with van der Waals surface area (Å²) >= 11 is 1.20. The lowest BCUT2D eigenvalue weighted by Gasteiger charge is -2.19. The number of anilines is 1. The zero-order chi connectivity index (χ0) is 26.6. The highest BCUT2D eigenvalue weighted by Gasteiger charge is 2.39. The molecule has 0 atom stereocenters. The molecule has 1 aromatic carbocycles. The maximum absolute atomic E-state index is 12.4. The maximum Gasteiger partial charge on any atom is 0.475 e. The van der Waals surface area contributed by atoms with E-state index < -0.39 is 40.0 Å². The van der Waals surface area contributed by atoms with E-state index in [0.717, 1.165) is 4.90 Å². The molecular formula is C18H18F6N5O5PS. The zero-order valence-corrected chi connectivity index (χ0v) is 19.7. The Morgan fingerprint density at radius 3 is 2.19 bits per heavy atom. The van der Waals surface area contributed by atoms with Gasteiger partial charge in [0.2, 0.25) is 5.95 Å². The third-order valence-electron chi connectivity index (χ3n) is 4.07. The van der Waals surface area contributed by atoms with Crippen LogP contribution >= 0.6 is 19.6 Å². The van der Waals surface area contributed by atoms with Crippen molar-refractivity contribution < 1.29 is 49.6 Å². The van der Waals surface area contributed by atoms with Gasteiger partial charge < -0.3 is 15.4 Å². The molecule has 2 heterocycles. The smallest absolute Gasteiger partial charge is 0.475 e. The highest BCUT2D eigenvalue weighted by Crippen LogP contribution is 2.51. The Morgan fingerprint density at radius 2 is 1.61 bits per heavy atom. The molecule has 18 heteroatoms. The van der Waals surface area contributed by atoms with Gasteiger partial charge in [-0.15, -0.1) is 0 Å². The van der Waals surface area contributed by atoms with Gasteiger partial charge in [0.05, 0.1) is 12.9 Å². The molecule has 36 heavy (non-hydrogen) atoms. The van der Waals surface area contributed by atoms with Gasteiger partial charge in [0.15, 0.2) is 18.9 Å². The van der Waals surface area contributed by atoms with Crippen LogP contribution in [0.1, 0.15) is 6.42 Å². The van der Waals surface area contributed by atoms with Crippen LogP contribution in [0.5, 0.6) is 5.75 Å². The van der Waals surface area contributed by atoms with Crippen molar-refractivity contribution in [3.63, 3.8) is 0 Å². The summed E-state index contributed by atoms with van der Waals surface area (Å²) in [5.74, 6) is 0.00253. The summed E-state index contributed by atoms with van der Waals surface area (Å²) in [6.45, 7) is -4.74. The molecule has 2 aromatic heterocycles. The molecule has 0 spiro atoms. The Kier molecular flexibility index (Phi) is 8.71. The lowest BCUT2D eigenvalue weighted by molar-refractivity contribution is -0.170. The number of phosphoric acid groups is 1. The van der Waals surface area contributed by atoms with E-state index in [4.69, 9.17) is 5.73 Å². The van der Waals surface area contributed by atoms with Crippen LogP contribution in [0.4, 0.5) is 32.3 Å². The van der Waals surface area contributed by atoms with Crippen molar-refractivity contribution in [2.24, 2.45) is 0 Å². The molecule has 3 aromatic rings. The van der Waals surface area contributed by atoms with Crippen LogP contribution in [0.3, 0.4) is 0 Å². The van der Waals surface area contributed by atoms with Crippen LogP contribution in [-0.2, 0) is 24.7 Å². The first kappa shape index (κ1) is 28.0. The Labute approximate surface area is 203 Å². The van der Waals surface area contributed by atoms with Crippen molar-refractivity contribution in [2.75, 3.05) is 25.6 Å². The first-order chi connectivity index (χ1) is 16.7. The summed E-state index contributed by atoms with van der Waals surface area (Å²) in [7, 11) is -5.16. The SMILES string of the molecule is Nc1nc(Sc2ccc(O)cc2)c2ncn(CCCOP(=O)(OCC(F)(F)F)OCC(F)(F)F)c2n1. The number of rotatable bonds is 11. The van der Waals surface area contributed by atoms with Gasteiger partial charge in [0.25, 0.3) is 0 Å². The summed E-state index contributed by atoms with van der Waals surface area (Å²) in [4.78, 5) is 13.2. The van der Waals surface area contributed by atoms with Crippen LogP contribution in [0.25, 0.3) is 11.2 Å². The molecule has 0 aliphatic heterocycles. The van der Waals surface area contributed by atoms with Gasteiger partial charge in [-0.1, -0.05) is 11.8 Å². The fraction of sp³-hybridized carbons (Fsp3) is 0.389. The fourth-order valence-corrected chi connectivity index (χ4v) is 4.68. The zero-order valence-electron chi connectivity index (χ0n) is 18.0. The molecule has 0 radical (unpaired) electrons.